The van der Waals surface area contributed by atoms with E-state index < -0.39 is 127 Å². The van der Waals surface area contributed by atoms with Gasteiger partial charge in [0.1, 0.15) is 54.5 Å². The molecule has 1 aromatic carbocycles. The van der Waals surface area contributed by atoms with Gasteiger partial charge >= 0.3 is 5.97 Å². The summed E-state index contributed by atoms with van der Waals surface area (Å²) < 4.78 is 61.9. The summed E-state index contributed by atoms with van der Waals surface area (Å²) in [6.07, 6.45) is -6.37. The molecule has 3 aliphatic heterocycles. The van der Waals surface area contributed by atoms with Crippen molar-refractivity contribution in [2.24, 2.45) is 17.6 Å². The number of likely N-dealkylation sites (N-methyl/N-ethyl adjacent to an activating group) is 2. The maximum absolute atomic E-state index is 15.0. The molecule has 442 valence electrons. The lowest BCUT2D eigenvalue weighted by Gasteiger charge is -2.47. The number of carbonyl (C=O) groups is 1. The first kappa shape index (κ1) is 63.5. The molecule has 0 radical (unpaired) electrons. The molecule has 3 saturated heterocycles. The van der Waals surface area contributed by atoms with E-state index in [9.17, 15) is 34.7 Å². The van der Waals surface area contributed by atoms with E-state index in [4.69, 9.17) is 38.9 Å². The molecule has 23 heteroatoms. The van der Waals surface area contributed by atoms with Gasteiger partial charge in [0.05, 0.1) is 64.7 Å². The van der Waals surface area contributed by atoms with Crippen molar-refractivity contribution in [1.82, 2.24) is 39.8 Å². The van der Waals surface area contributed by atoms with Gasteiger partial charge in [-0.25, -0.2) is 13.8 Å². The fourth-order valence-electron chi connectivity index (χ4n) is 11.4. The van der Waals surface area contributed by atoms with Crippen LogP contribution in [-0.4, -0.2) is 210 Å². The zero-order valence-corrected chi connectivity index (χ0v) is 48.6. The molecule has 3 aromatic rings. The van der Waals surface area contributed by atoms with Gasteiger partial charge in [-0.1, -0.05) is 36.4 Å². The Labute approximate surface area is 459 Å². The van der Waals surface area contributed by atoms with Crippen LogP contribution in [0.3, 0.4) is 0 Å². The zero-order valence-electron chi connectivity index (χ0n) is 48.6. The fourth-order valence-corrected chi connectivity index (χ4v) is 11.4. The van der Waals surface area contributed by atoms with Crippen molar-refractivity contribution in [1.29, 1.82) is 0 Å². The van der Waals surface area contributed by atoms with E-state index >= 15 is 0 Å². The van der Waals surface area contributed by atoms with Crippen LogP contribution in [0.4, 0.5) is 4.39 Å². The number of hydrogen-bond acceptors (Lipinski definition) is 20. The lowest BCUT2D eigenvalue weighted by atomic mass is 9.83. The van der Waals surface area contributed by atoms with Gasteiger partial charge in [0, 0.05) is 64.9 Å². The highest BCUT2D eigenvalue weighted by Gasteiger charge is 2.51. The minimum Gasteiger partial charge on any atom is -0.459 e. The van der Waals surface area contributed by atoms with Gasteiger partial charge in [-0.15, -0.1) is 10.2 Å². The Kier molecular flexibility index (Phi) is 21.2. The number of nitrogens with zero attached hydrogens (tertiary/aromatic N) is 8. The number of aliphatic hydroxyl groups is 5. The van der Waals surface area contributed by atoms with Gasteiger partial charge in [-0.2, -0.15) is 0 Å². The molecule has 78 heavy (non-hydrogen) atoms. The first-order valence-corrected chi connectivity index (χ1v) is 27.6. The van der Waals surface area contributed by atoms with E-state index in [0.29, 0.717) is 37.3 Å². The van der Waals surface area contributed by atoms with Crippen molar-refractivity contribution in [3.8, 4) is 5.69 Å². The number of carbonyl (C=O) groups excluding carboxylic acids is 1. The molecule has 7 N–H and O–H groups in total. The monoisotopic (exact) mass is 1110 g/mol. The smallest absolute Gasteiger partial charge is 0.311 e. The highest BCUT2D eigenvalue weighted by molar-refractivity contribution is 5.73. The van der Waals surface area contributed by atoms with Crippen LogP contribution in [0.5, 0.6) is 0 Å². The van der Waals surface area contributed by atoms with Gasteiger partial charge in [-0.3, -0.25) is 4.79 Å². The van der Waals surface area contributed by atoms with Crippen molar-refractivity contribution < 1.29 is 67.9 Å². The van der Waals surface area contributed by atoms with Crippen LogP contribution in [0.1, 0.15) is 137 Å². The highest BCUT2D eigenvalue weighted by Crippen LogP contribution is 2.39. The Morgan fingerprint density at radius 1 is 0.949 bits per heavy atom. The third kappa shape index (κ3) is 14.7. The van der Waals surface area contributed by atoms with E-state index in [2.05, 4.69) is 20.6 Å². The minimum absolute atomic E-state index is 0.0854. The molecule has 6 rings (SSSR count). The van der Waals surface area contributed by atoms with Crippen LogP contribution in [0.25, 0.3) is 5.69 Å². The predicted octanol–water partition coefficient (Wildman–Crippen LogP) is 3.53. The van der Waals surface area contributed by atoms with Crippen LogP contribution in [0, 0.1) is 11.8 Å². The average molecular weight is 1110 g/mol. The summed E-state index contributed by atoms with van der Waals surface area (Å²) in [5.74, 6) is -2.01. The molecule has 0 spiro atoms. The van der Waals surface area contributed by atoms with Crippen LogP contribution < -0.4 is 5.73 Å². The Morgan fingerprint density at radius 3 is 2.23 bits per heavy atom. The topological polar surface area (TPSA) is 277 Å². The average Bonchev–Trinajstić information content (AvgIpc) is 4.10. The summed E-state index contributed by atoms with van der Waals surface area (Å²) in [5.41, 5.74) is 3.67. The lowest BCUT2D eigenvalue weighted by Crippen LogP contribution is -2.59. The second-order valence-electron chi connectivity index (χ2n) is 23.9. The fraction of sp³-hybridized carbons (Fsp3) is 0.800. The summed E-state index contributed by atoms with van der Waals surface area (Å²) in [4.78, 5) is 18.3. The molecule has 5 heterocycles. The summed E-state index contributed by atoms with van der Waals surface area (Å²) in [7, 11) is 6.71. The summed E-state index contributed by atoms with van der Waals surface area (Å²) >= 11 is 0. The van der Waals surface area contributed by atoms with Crippen molar-refractivity contribution in [2.45, 2.75) is 223 Å². The number of esters is 1. The Bertz CT molecular complexity index is 2360. The third-order valence-electron chi connectivity index (χ3n) is 16.8. The molecule has 2 aromatic heterocycles. The largest absolute Gasteiger partial charge is 0.459 e. The second kappa shape index (κ2) is 26.1. The number of nitrogens with two attached hydrogens (primary N) is 1. The Morgan fingerprint density at radius 2 is 1.63 bits per heavy atom. The number of aliphatic hydroxyl groups excluding tert-OH is 3. The third-order valence-corrected chi connectivity index (χ3v) is 16.8. The number of halogens is 1. The molecule has 0 bridgehead atoms. The van der Waals surface area contributed by atoms with Crippen molar-refractivity contribution >= 4 is 5.97 Å². The number of ether oxygens (including phenoxy) is 7. The zero-order chi connectivity index (χ0) is 57.8. The van der Waals surface area contributed by atoms with E-state index in [1.165, 1.54) is 25.8 Å². The first-order chi connectivity index (χ1) is 36.5. The number of alkyl halides is 1. The number of aromatic nitrogens is 6. The maximum Gasteiger partial charge on any atom is 0.311 e. The van der Waals surface area contributed by atoms with E-state index in [-0.39, 0.29) is 31.6 Å². The highest BCUT2D eigenvalue weighted by atomic mass is 19.1. The van der Waals surface area contributed by atoms with E-state index in [1.54, 1.807) is 58.6 Å². The minimum atomic E-state index is -1.85. The molecule has 0 amide bonds. The molecule has 19 atom stereocenters. The van der Waals surface area contributed by atoms with Crippen molar-refractivity contribution in [3.63, 3.8) is 0 Å². The second-order valence-corrected chi connectivity index (χ2v) is 23.9. The maximum atomic E-state index is 15.0. The Balaban J connectivity index is 1.22. The van der Waals surface area contributed by atoms with Crippen LogP contribution >= 0.6 is 0 Å². The van der Waals surface area contributed by atoms with Crippen molar-refractivity contribution in [3.05, 3.63) is 53.6 Å². The van der Waals surface area contributed by atoms with E-state index in [0.717, 1.165) is 11.3 Å². The number of hydrogen-bond donors (Lipinski definition) is 6. The first-order valence-electron chi connectivity index (χ1n) is 27.6. The van der Waals surface area contributed by atoms with Gasteiger partial charge < -0.3 is 74.2 Å². The van der Waals surface area contributed by atoms with Gasteiger partial charge in [0.15, 0.2) is 12.6 Å². The molecule has 0 aliphatic carbocycles. The normalized spacial score (nSPS) is 37.1. The predicted molar refractivity (Wildman–Crippen MR) is 286 cm³/mol. The van der Waals surface area contributed by atoms with Crippen LogP contribution in [-0.2, 0) is 49.9 Å². The molecular formula is C55H92FN9O13. The molecule has 0 unspecified atom stereocenters. The van der Waals surface area contributed by atoms with Crippen LogP contribution in [0.2, 0.25) is 0 Å². The summed E-state index contributed by atoms with van der Waals surface area (Å²) in [5, 5.41) is 76.7. The molecule has 0 saturated carbocycles. The number of rotatable bonds is 17. The molecule has 22 nitrogen and oxygen atoms in total. The number of benzene rings is 1. The molecular weight excluding hydrogens is 1010 g/mol. The molecule has 3 fully saturated rings. The number of cyclic esters (lactones) is 1. The van der Waals surface area contributed by atoms with Crippen molar-refractivity contribution in [2.75, 3.05) is 48.1 Å². The number of methoxy groups -OCH3 is 2. The summed E-state index contributed by atoms with van der Waals surface area (Å²) in [6.45, 7) is 19.3. The van der Waals surface area contributed by atoms with Gasteiger partial charge in [0.25, 0.3) is 0 Å². The standard InChI is InChI=1S/C55H92FN9O13/c1-16-43-55(11,71)48(67)34(5)63(13)28-31(2)25-53(9,70)44(24-41(33(4)50(69)77-43)76-45-26-54(10,73-15)49(68)35(6)75-45)78-51-46(66)39(23-32(3)74-51)62(12)22-21-37-29-65(60-58-37)40(27-56)47(72-14)36-17-19-38(20-18-36)64-30-42(59-61-64)52(7,8)57/h17-20,29-35,39-41,43-49,51,66-68,70-71H,16,21-28,57H2,1-15H3/t31-,32-,33-,34-,35+,39+,40-,41+,43-,44-,45+,46-,47-,48-,49+,51+,53-,54-,55-/m1/s1. The Hall–Kier alpha value is -3.66. The lowest BCUT2D eigenvalue weighted by molar-refractivity contribution is -0.308. The van der Waals surface area contributed by atoms with Gasteiger partial charge in [-0.05, 0) is 119 Å². The quantitative estimate of drug-likeness (QED) is 0.106. The summed E-state index contributed by atoms with van der Waals surface area (Å²) in [6, 6.07) is 5.46. The SMILES string of the molecule is CC[C@H]1OC(=O)[C@H](C)[C@@H](O[C@H]2C[C@@](C)(OC)[C@@H](O)[C@H](C)O2)C[C@@H](O[C@@H]2O[C@H](C)C[C@H](N(C)CCc3cn([C@H](CF)[C@H](OC)c4ccc(-n5cc(C(C)(C)N)nn5)cc4)nn3)[C@H]2O)[C@](C)(O)C[C@@H](C)CN(C)[C@H](C)[C@@H](O)[C@]1(C)O. The van der Waals surface area contributed by atoms with Gasteiger partial charge in [0.2, 0.25) is 0 Å². The van der Waals surface area contributed by atoms with E-state index in [1.807, 2.05) is 75.9 Å². The van der Waals surface area contributed by atoms with Crippen LogP contribution in [0.15, 0.2) is 36.7 Å². The molecule has 3 aliphatic rings.